The molecule has 8 nitrogen and oxygen atoms in total. The Hall–Kier alpha value is -3.46. The number of ketones is 1. The number of halogens is 1. The minimum absolute atomic E-state index is 0.00297. The topological polar surface area (TPSA) is 125 Å². The third-order valence-electron chi connectivity index (χ3n) is 6.58. The lowest BCUT2D eigenvalue weighted by atomic mass is 9.69. The van der Waals surface area contributed by atoms with Crippen molar-refractivity contribution in [3.63, 3.8) is 0 Å². The molecule has 0 spiro atoms. The molecule has 0 saturated carbocycles. The van der Waals surface area contributed by atoms with Crippen LogP contribution in [0.3, 0.4) is 0 Å². The van der Waals surface area contributed by atoms with E-state index in [1.165, 1.54) is 23.1 Å². The zero-order valence-corrected chi connectivity index (χ0v) is 24.5. The highest BCUT2D eigenvalue weighted by Gasteiger charge is 2.45. The van der Waals surface area contributed by atoms with E-state index in [-0.39, 0.29) is 28.7 Å². The van der Waals surface area contributed by atoms with Gasteiger partial charge in [-0.1, -0.05) is 79.4 Å². The summed E-state index contributed by atoms with van der Waals surface area (Å²) in [5.74, 6) is -0.324. The zero-order chi connectivity index (χ0) is 27.7. The van der Waals surface area contributed by atoms with Crippen LogP contribution in [0.4, 0.5) is 10.8 Å². The third-order valence-corrected chi connectivity index (χ3v) is 9.31. The first-order valence-corrected chi connectivity index (χ1v) is 14.8. The molecule has 0 fully saturated rings. The molecule has 3 aromatic rings. The quantitative estimate of drug-likeness (QED) is 0.323. The summed E-state index contributed by atoms with van der Waals surface area (Å²) in [6, 6.07) is 19.2. The van der Waals surface area contributed by atoms with Crippen molar-refractivity contribution in [1.29, 1.82) is 5.26 Å². The van der Waals surface area contributed by atoms with Gasteiger partial charge in [-0.3, -0.25) is 14.5 Å². The fourth-order valence-electron chi connectivity index (χ4n) is 4.93. The van der Waals surface area contributed by atoms with Crippen molar-refractivity contribution in [2.24, 2.45) is 11.1 Å². The number of nitriles is 1. The molecule has 1 aliphatic carbocycles. The van der Waals surface area contributed by atoms with Crippen molar-refractivity contribution in [1.82, 2.24) is 10.2 Å². The molecule has 1 atom stereocenters. The maximum Gasteiger partial charge on any atom is 0.234 e. The molecule has 11 heteroatoms. The average Bonchev–Trinajstić information content (AvgIpc) is 3.36. The predicted octanol–water partition coefficient (Wildman–Crippen LogP) is 5.97. The number of nitrogens with zero attached hydrogens (tertiary/aromatic N) is 4. The van der Waals surface area contributed by atoms with Crippen LogP contribution < -0.4 is 16.0 Å². The van der Waals surface area contributed by atoms with Gasteiger partial charge in [0, 0.05) is 22.2 Å². The number of hydrogen-bond donors (Lipinski definition) is 2. The summed E-state index contributed by atoms with van der Waals surface area (Å²) in [5.41, 5.74) is 9.57. The number of aromatic nitrogens is 2. The van der Waals surface area contributed by atoms with Gasteiger partial charge >= 0.3 is 0 Å². The lowest BCUT2D eigenvalue weighted by Gasteiger charge is -2.42. The molecule has 2 aliphatic rings. The molecule has 3 N–H and O–H groups in total. The van der Waals surface area contributed by atoms with Gasteiger partial charge in [-0.15, -0.1) is 10.2 Å². The maximum atomic E-state index is 13.6. The van der Waals surface area contributed by atoms with Crippen LogP contribution in [0.15, 0.2) is 86.1 Å². The van der Waals surface area contributed by atoms with Crippen molar-refractivity contribution in [2.45, 2.75) is 36.9 Å². The van der Waals surface area contributed by atoms with Crippen molar-refractivity contribution < 1.29 is 9.59 Å². The average molecular weight is 622 g/mol. The highest BCUT2D eigenvalue weighted by molar-refractivity contribution is 9.10. The molecule has 5 rings (SSSR count). The molecule has 198 valence electrons. The first-order valence-electron chi connectivity index (χ1n) is 12.2. The summed E-state index contributed by atoms with van der Waals surface area (Å²) >= 11 is 5.96. The summed E-state index contributed by atoms with van der Waals surface area (Å²) < 4.78 is 1.37. The maximum absolute atomic E-state index is 13.6. The molecular formula is C28H25BrN6O2S2. The number of carbonyl (C=O) groups excluding carboxylic acids is 2. The number of para-hydroxylation sites is 1. The summed E-state index contributed by atoms with van der Waals surface area (Å²) in [7, 11) is 0. The van der Waals surface area contributed by atoms with Crippen molar-refractivity contribution >= 4 is 61.5 Å². The Morgan fingerprint density at radius 3 is 2.64 bits per heavy atom. The number of anilines is 2. The molecule has 0 bridgehead atoms. The lowest BCUT2D eigenvalue weighted by Crippen LogP contribution is -2.42. The van der Waals surface area contributed by atoms with Gasteiger partial charge in [0.25, 0.3) is 0 Å². The van der Waals surface area contributed by atoms with Gasteiger partial charge in [0.15, 0.2) is 10.1 Å². The minimum Gasteiger partial charge on any atom is -0.384 e. The predicted molar refractivity (Wildman–Crippen MR) is 157 cm³/mol. The number of nitrogens with two attached hydrogens (primary N) is 1. The van der Waals surface area contributed by atoms with Gasteiger partial charge in [-0.25, -0.2) is 0 Å². The Morgan fingerprint density at radius 2 is 1.92 bits per heavy atom. The Morgan fingerprint density at radius 1 is 1.21 bits per heavy atom. The number of Topliss-reactive ketones (excluding diaryl/α,β-unsaturated/α-hetero) is 1. The summed E-state index contributed by atoms with van der Waals surface area (Å²) in [4.78, 5) is 27.8. The van der Waals surface area contributed by atoms with E-state index in [0.29, 0.717) is 39.1 Å². The van der Waals surface area contributed by atoms with E-state index in [1.54, 1.807) is 4.90 Å². The van der Waals surface area contributed by atoms with E-state index in [1.807, 2.05) is 54.6 Å². The Labute approximate surface area is 243 Å². The zero-order valence-electron chi connectivity index (χ0n) is 21.3. The molecule has 2 aromatic carbocycles. The second-order valence-electron chi connectivity index (χ2n) is 10.1. The Balaban J connectivity index is 1.46. The van der Waals surface area contributed by atoms with E-state index in [4.69, 9.17) is 5.73 Å². The molecule has 0 saturated heterocycles. The van der Waals surface area contributed by atoms with Crippen LogP contribution >= 0.6 is 39.0 Å². The monoisotopic (exact) mass is 620 g/mol. The fourth-order valence-corrected chi connectivity index (χ4v) is 7.00. The number of benzene rings is 2. The number of rotatable bonds is 6. The summed E-state index contributed by atoms with van der Waals surface area (Å²) in [6.07, 6.45) is 0.971. The van der Waals surface area contributed by atoms with Crippen LogP contribution in [0.5, 0.6) is 0 Å². The van der Waals surface area contributed by atoms with E-state index < -0.39 is 5.92 Å². The van der Waals surface area contributed by atoms with Gasteiger partial charge in [0.2, 0.25) is 11.0 Å². The highest BCUT2D eigenvalue weighted by Crippen LogP contribution is 2.50. The number of amides is 1. The highest BCUT2D eigenvalue weighted by atomic mass is 79.9. The van der Waals surface area contributed by atoms with Crippen LogP contribution in [0.1, 0.15) is 38.2 Å². The Kier molecular flexibility index (Phi) is 7.62. The van der Waals surface area contributed by atoms with Gasteiger partial charge in [-0.2, -0.15) is 5.26 Å². The SMILES string of the molecule is CC1(C)CC(=O)C2=C(C1)N(c1nnc(SCC(=O)Nc3ccccc3Br)s1)C(N)=C(C#N)C2c1ccccc1. The van der Waals surface area contributed by atoms with E-state index >= 15 is 0 Å². The minimum atomic E-state index is -0.533. The second-order valence-corrected chi connectivity index (χ2v) is 13.1. The largest absolute Gasteiger partial charge is 0.384 e. The number of carbonyl (C=O) groups is 2. The summed E-state index contributed by atoms with van der Waals surface area (Å²) in [5, 5.41) is 22.2. The lowest BCUT2D eigenvalue weighted by molar-refractivity contribution is -0.118. The van der Waals surface area contributed by atoms with Crippen molar-refractivity contribution in [2.75, 3.05) is 16.0 Å². The number of allylic oxidation sites excluding steroid dienone is 3. The van der Waals surface area contributed by atoms with E-state index in [0.717, 1.165) is 15.7 Å². The van der Waals surface area contributed by atoms with Crippen LogP contribution in [-0.2, 0) is 9.59 Å². The van der Waals surface area contributed by atoms with Crippen LogP contribution in [0, 0.1) is 16.7 Å². The van der Waals surface area contributed by atoms with Crippen LogP contribution in [0.2, 0.25) is 0 Å². The first-order chi connectivity index (χ1) is 18.7. The molecule has 1 unspecified atom stereocenters. The molecule has 39 heavy (non-hydrogen) atoms. The molecular weight excluding hydrogens is 596 g/mol. The smallest absolute Gasteiger partial charge is 0.234 e. The molecule has 0 radical (unpaired) electrons. The first kappa shape index (κ1) is 27.1. The molecule has 1 amide bonds. The fraction of sp³-hybridized carbons (Fsp3) is 0.250. The standard InChI is InChI=1S/C28H25BrN6O2S2/c1-28(2)12-20-24(21(36)13-28)23(16-8-4-3-5-9-16)17(14-30)25(31)35(20)26-33-34-27(39-26)38-15-22(37)32-19-11-7-6-10-18(19)29/h3-11,23H,12-13,15,31H2,1-2H3,(H,32,37). The number of thioether (sulfide) groups is 1. The van der Waals surface area contributed by atoms with Gasteiger partial charge in [0.1, 0.15) is 5.82 Å². The molecule has 2 heterocycles. The van der Waals surface area contributed by atoms with Gasteiger partial charge in [0.05, 0.1) is 29.0 Å². The number of hydrogen-bond acceptors (Lipinski definition) is 9. The Bertz CT molecular complexity index is 1560. The normalized spacial score (nSPS) is 18.6. The molecule has 1 aromatic heterocycles. The van der Waals surface area contributed by atoms with Gasteiger partial charge in [-0.05, 0) is 45.5 Å². The van der Waals surface area contributed by atoms with Crippen LogP contribution in [-0.4, -0.2) is 27.6 Å². The second kappa shape index (κ2) is 11.0. The third kappa shape index (κ3) is 5.50. The van der Waals surface area contributed by atoms with E-state index in [2.05, 4.69) is 51.4 Å². The molecule has 1 aliphatic heterocycles. The van der Waals surface area contributed by atoms with Crippen molar-refractivity contribution in [3.8, 4) is 6.07 Å². The number of nitrogens with one attached hydrogen (secondary N) is 1. The van der Waals surface area contributed by atoms with E-state index in [9.17, 15) is 14.9 Å². The van der Waals surface area contributed by atoms with Crippen LogP contribution in [0.25, 0.3) is 0 Å². The van der Waals surface area contributed by atoms with Crippen molar-refractivity contribution in [3.05, 3.63) is 87.3 Å². The summed E-state index contributed by atoms with van der Waals surface area (Å²) in [6.45, 7) is 4.10. The van der Waals surface area contributed by atoms with Gasteiger partial charge < -0.3 is 11.1 Å².